The Labute approximate surface area is 105 Å². The van der Waals surface area contributed by atoms with Crippen LogP contribution in [0.15, 0.2) is 18.2 Å². The number of nitrogens with two attached hydrogens (primary N) is 1. The molecule has 6 nitrogen and oxygen atoms in total. The van der Waals surface area contributed by atoms with Gasteiger partial charge in [0.1, 0.15) is 10.7 Å². The van der Waals surface area contributed by atoms with Gasteiger partial charge in [-0.3, -0.25) is 4.72 Å². The predicted octanol–water partition coefficient (Wildman–Crippen LogP) is 0.205. The van der Waals surface area contributed by atoms with Crippen molar-refractivity contribution in [3.05, 3.63) is 23.8 Å². The van der Waals surface area contributed by atoms with Crippen molar-refractivity contribution in [2.75, 3.05) is 18.9 Å². The van der Waals surface area contributed by atoms with Crippen LogP contribution in [0, 0.1) is 0 Å². The Morgan fingerprint density at radius 3 is 2.59 bits per heavy atom. The molecule has 0 aliphatic carbocycles. The molecule has 94 valence electrons. The molecule has 1 aromatic rings. The Bertz CT molecular complexity index is 528. The molecule has 0 bridgehead atoms. The molecule has 0 aliphatic heterocycles. The molecule has 0 atom stereocenters. The van der Waals surface area contributed by atoms with Crippen molar-refractivity contribution < 1.29 is 13.2 Å². The fraction of sp³-hybridized carbons (Fsp3) is 0.222. The van der Waals surface area contributed by atoms with Gasteiger partial charge < -0.3 is 10.5 Å². The van der Waals surface area contributed by atoms with Crippen LogP contribution >= 0.6 is 12.2 Å². The molecule has 0 saturated heterocycles. The van der Waals surface area contributed by atoms with Gasteiger partial charge in [0.2, 0.25) is 0 Å². The van der Waals surface area contributed by atoms with Crippen LogP contribution in [-0.2, 0) is 10.2 Å². The zero-order valence-corrected chi connectivity index (χ0v) is 11.0. The van der Waals surface area contributed by atoms with Crippen LogP contribution in [0.4, 0.5) is 5.69 Å². The summed E-state index contributed by atoms with van der Waals surface area (Å²) < 4.78 is 32.2. The van der Waals surface area contributed by atoms with Crippen molar-refractivity contribution in [2.45, 2.75) is 0 Å². The van der Waals surface area contributed by atoms with Crippen molar-refractivity contribution >= 4 is 33.1 Å². The van der Waals surface area contributed by atoms with Crippen molar-refractivity contribution in [2.24, 2.45) is 5.73 Å². The maximum Gasteiger partial charge on any atom is 0.298 e. The topological polar surface area (TPSA) is 93.5 Å². The molecule has 8 heteroatoms. The maximum absolute atomic E-state index is 11.3. The Hall–Kier alpha value is -1.38. The molecule has 0 heterocycles. The van der Waals surface area contributed by atoms with Gasteiger partial charge in [0, 0.05) is 12.6 Å². The highest BCUT2D eigenvalue weighted by Crippen LogP contribution is 2.26. The van der Waals surface area contributed by atoms with Gasteiger partial charge in [-0.25, -0.2) is 4.72 Å². The Morgan fingerprint density at radius 2 is 2.12 bits per heavy atom. The molecule has 1 rings (SSSR count). The number of thiocarbonyl (C=S) groups is 1. The second-order valence-corrected chi connectivity index (χ2v) is 5.15. The Kier molecular flexibility index (Phi) is 4.27. The highest BCUT2D eigenvalue weighted by atomic mass is 32.2. The van der Waals surface area contributed by atoms with Gasteiger partial charge in [0.05, 0.1) is 12.8 Å². The first-order chi connectivity index (χ1) is 7.89. The molecule has 0 saturated carbocycles. The summed E-state index contributed by atoms with van der Waals surface area (Å²) in [5.41, 5.74) is 6.37. The van der Waals surface area contributed by atoms with Crippen LogP contribution in [0.2, 0.25) is 0 Å². The lowest BCUT2D eigenvalue weighted by atomic mass is 10.2. The fourth-order valence-corrected chi connectivity index (χ4v) is 1.81. The molecule has 0 aliphatic rings. The van der Waals surface area contributed by atoms with Crippen LogP contribution in [0.3, 0.4) is 0 Å². The third kappa shape index (κ3) is 3.55. The zero-order valence-electron chi connectivity index (χ0n) is 9.35. The van der Waals surface area contributed by atoms with E-state index in [0.717, 1.165) is 0 Å². The molecule has 0 fully saturated rings. The van der Waals surface area contributed by atoms with Gasteiger partial charge in [-0.1, -0.05) is 12.2 Å². The monoisotopic (exact) mass is 275 g/mol. The molecular formula is C9H13N3O3S2. The van der Waals surface area contributed by atoms with Crippen LogP contribution in [0.25, 0.3) is 0 Å². The smallest absolute Gasteiger partial charge is 0.298 e. The lowest BCUT2D eigenvalue weighted by Crippen LogP contribution is -2.26. The van der Waals surface area contributed by atoms with Crippen LogP contribution in [0.5, 0.6) is 5.75 Å². The number of methoxy groups -OCH3 is 1. The first kappa shape index (κ1) is 13.7. The third-order valence-electron chi connectivity index (χ3n) is 2.00. The first-order valence-corrected chi connectivity index (χ1v) is 6.48. The predicted molar refractivity (Wildman–Crippen MR) is 70.5 cm³/mol. The number of benzene rings is 1. The van der Waals surface area contributed by atoms with Gasteiger partial charge in [-0.05, 0) is 18.2 Å². The summed E-state index contributed by atoms with van der Waals surface area (Å²) in [5.74, 6) is 0.342. The molecule has 0 aromatic heterocycles. The summed E-state index contributed by atoms with van der Waals surface area (Å²) in [6, 6.07) is 4.70. The van der Waals surface area contributed by atoms with Crippen LogP contribution < -0.4 is 19.9 Å². The van der Waals surface area contributed by atoms with E-state index in [2.05, 4.69) is 9.44 Å². The van der Waals surface area contributed by atoms with Crippen LogP contribution in [-0.4, -0.2) is 27.6 Å². The zero-order chi connectivity index (χ0) is 13.1. The average Bonchev–Trinajstić information content (AvgIpc) is 2.29. The summed E-state index contributed by atoms with van der Waals surface area (Å²) in [6.07, 6.45) is 0. The van der Waals surface area contributed by atoms with Gasteiger partial charge in [0.15, 0.2) is 0 Å². The van der Waals surface area contributed by atoms with Gasteiger partial charge >= 0.3 is 0 Å². The molecule has 0 radical (unpaired) electrons. The number of hydrogen-bond acceptors (Lipinski definition) is 4. The summed E-state index contributed by atoms with van der Waals surface area (Å²) in [5, 5.41) is 0. The Balaban J connectivity index is 3.14. The summed E-state index contributed by atoms with van der Waals surface area (Å²) in [4.78, 5) is 0.214. The quantitative estimate of drug-likeness (QED) is 0.668. The molecule has 1 aromatic carbocycles. The maximum atomic E-state index is 11.3. The normalized spacial score (nSPS) is 10.9. The number of anilines is 1. The SMILES string of the molecule is CNS(=O)(=O)Nc1ccc(C(N)=S)cc1OC. The minimum Gasteiger partial charge on any atom is -0.495 e. The molecule has 0 amide bonds. The van der Waals surface area contributed by atoms with Gasteiger partial charge in [-0.2, -0.15) is 8.42 Å². The van der Waals surface area contributed by atoms with E-state index in [-0.39, 0.29) is 4.99 Å². The van der Waals surface area contributed by atoms with Crippen molar-refractivity contribution in [1.29, 1.82) is 0 Å². The van der Waals surface area contributed by atoms with Crippen molar-refractivity contribution in [1.82, 2.24) is 4.72 Å². The largest absolute Gasteiger partial charge is 0.495 e. The standard InChI is InChI=1S/C9H13N3O3S2/c1-11-17(13,14)12-7-4-3-6(9(10)16)5-8(7)15-2/h3-5,11-12H,1-2H3,(H2,10,16). The van der Waals surface area contributed by atoms with Crippen molar-refractivity contribution in [3.8, 4) is 5.75 Å². The molecule has 0 unspecified atom stereocenters. The van der Waals surface area contributed by atoms with Crippen molar-refractivity contribution in [3.63, 3.8) is 0 Å². The summed E-state index contributed by atoms with van der Waals surface area (Å²) >= 11 is 4.82. The lowest BCUT2D eigenvalue weighted by Gasteiger charge is -2.12. The Morgan fingerprint density at radius 1 is 1.47 bits per heavy atom. The second kappa shape index (κ2) is 5.30. The third-order valence-corrected chi connectivity index (χ3v) is 3.26. The van der Waals surface area contributed by atoms with E-state index in [1.165, 1.54) is 20.2 Å². The van der Waals surface area contributed by atoms with E-state index >= 15 is 0 Å². The molecule has 17 heavy (non-hydrogen) atoms. The van der Waals surface area contributed by atoms with E-state index in [9.17, 15) is 8.42 Å². The van der Waals surface area contributed by atoms with Crippen LogP contribution in [0.1, 0.15) is 5.56 Å². The van der Waals surface area contributed by atoms with E-state index < -0.39 is 10.2 Å². The van der Waals surface area contributed by atoms with Gasteiger partial charge in [-0.15, -0.1) is 0 Å². The van der Waals surface area contributed by atoms with E-state index in [4.69, 9.17) is 22.7 Å². The van der Waals surface area contributed by atoms with E-state index in [1.54, 1.807) is 12.1 Å². The molecule has 0 spiro atoms. The van der Waals surface area contributed by atoms with E-state index in [1.807, 2.05) is 0 Å². The lowest BCUT2D eigenvalue weighted by molar-refractivity contribution is 0.417. The first-order valence-electron chi connectivity index (χ1n) is 4.58. The average molecular weight is 275 g/mol. The summed E-state index contributed by atoms with van der Waals surface area (Å²) in [7, 11) is -0.852. The molecular weight excluding hydrogens is 262 g/mol. The number of ether oxygens (including phenoxy) is 1. The second-order valence-electron chi connectivity index (χ2n) is 3.09. The number of hydrogen-bond donors (Lipinski definition) is 3. The minimum absolute atomic E-state index is 0.214. The number of nitrogens with one attached hydrogen (secondary N) is 2. The summed E-state index contributed by atoms with van der Waals surface area (Å²) in [6.45, 7) is 0. The highest BCUT2D eigenvalue weighted by Gasteiger charge is 2.11. The number of rotatable bonds is 5. The fourth-order valence-electron chi connectivity index (χ4n) is 1.12. The minimum atomic E-state index is -3.58. The highest BCUT2D eigenvalue weighted by molar-refractivity contribution is 7.90. The molecule has 4 N–H and O–H groups in total. The van der Waals surface area contributed by atoms with E-state index in [0.29, 0.717) is 17.0 Å². The van der Waals surface area contributed by atoms with Gasteiger partial charge in [0.25, 0.3) is 10.2 Å².